The molecule has 0 radical (unpaired) electrons. The van der Waals surface area contributed by atoms with Crippen LogP contribution in [0.5, 0.6) is 11.5 Å². The van der Waals surface area contributed by atoms with Crippen molar-refractivity contribution < 1.29 is 23.4 Å². The van der Waals surface area contributed by atoms with Crippen LogP contribution in [0.4, 0.5) is 0 Å². The van der Waals surface area contributed by atoms with Crippen molar-refractivity contribution in [2.24, 2.45) is 5.92 Å². The summed E-state index contributed by atoms with van der Waals surface area (Å²) in [6, 6.07) is 5.99. The first-order valence-corrected chi connectivity index (χ1v) is 12.1. The highest BCUT2D eigenvalue weighted by molar-refractivity contribution is 6.77. The van der Waals surface area contributed by atoms with E-state index < -0.39 is 8.32 Å². The van der Waals surface area contributed by atoms with Gasteiger partial charge in [-0.25, -0.2) is 0 Å². The number of fused-ring (bicyclic) bond motifs is 1. The minimum absolute atomic E-state index is 0.0287. The summed E-state index contributed by atoms with van der Waals surface area (Å²) in [5, 5.41) is 0. The predicted octanol–water partition coefficient (Wildman–Crippen LogP) is 5.21. The van der Waals surface area contributed by atoms with Gasteiger partial charge in [-0.1, -0.05) is 47.6 Å². The zero-order valence-electron chi connectivity index (χ0n) is 17.3. The number of esters is 1. The normalized spacial score (nSPS) is 20.6. The summed E-state index contributed by atoms with van der Waals surface area (Å²) < 4.78 is 23.4. The van der Waals surface area contributed by atoms with Crippen LogP contribution in [0, 0.1) is 5.92 Å². The largest absolute Gasteiger partial charge is 0.465 e. The molecule has 1 aromatic carbocycles. The van der Waals surface area contributed by atoms with E-state index in [0.29, 0.717) is 29.7 Å². The molecular formula is C21H32O5Si. The summed E-state index contributed by atoms with van der Waals surface area (Å²) in [6.07, 6.45) is 0.225. The molecular weight excluding hydrogens is 360 g/mol. The fraction of sp³-hybridized carbons (Fsp3) is 0.667. The van der Waals surface area contributed by atoms with E-state index in [0.717, 1.165) is 17.1 Å². The third kappa shape index (κ3) is 3.74. The Kier molecular flexibility index (Phi) is 5.86. The summed E-state index contributed by atoms with van der Waals surface area (Å²) >= 11 is 0. The van der Waals surface area contributed by atoms with Crippen LogP contribution in [0.3, 0.4) is 0 Å². The summed E-state index contributed by atoms with van der Waals surface area (Å²) in [5.41, 5.74) is 2.44. The number of rotatable bonds is 7. The maximum absolute atomic E-state index is 11.8. The second-order valence-electron chi connectivity index (χ2n) is 8.62. The number of cyclic esters (lactones) is 1. The molecule has 2 heterocycles. The fourth-order valence-corrected chi connectivity index (χ4v) is 10.5. The van der Waals surface area contributed by atoms with E-state index in [1.807, 2.05) is 18.2 Å². The van der Waals surface area contributed by atoms with Crippen molar-refractivity contribution >= 4 is 14.3 Å². The van der Waals surface area contributed by atoms with Crippen LogP contribution in [0.25, 0.3) is 0 Å². The number of carbonyl (C=O) groups is 1. The Balaban J connectivity index is 2.00. The number of carbonyl (C=O) groups excluding carboxylic acids is 1. The van der Waals surface area contributed by atoms with E-state index in [9.17, 15) is 4.79 Å². The zero-order chi connectivity index (χ0) is 19.8. The Morgan fingerprint density at radius 3 is 2.15 bits per heavy atom. The van der Waals surface area contributed by atoms with Gasteiger partial charge in [0.05, 0.1) is 19.1 Å². The van der Waals surface area contributed by atoms with Gasteiger partial charge >= 0.3 is 5.97 Å². The first kappa shape index (κ1) is 20.2. The van der Waals surface area contributed by atoms with Crippen molar-refractivity contribution in [3.63, 3.8) is 0 Å². The Morgan fingerprint density at radius 1 is 0.963 bits per heavy atom. The highest BCUT2D eigenvalue weighted by Crippen LogP contribution is 2.48. The molecule has 2 atom stereocenters. The quantitative estimate of drug-likeness (QED) is 0.471. The van der Waals surface area contributed by atoms with Gasteiger partial charge in [0.1, 0.15) is 0 Å². The van der Waals surface area contributed by atoms with Crippen molar-refractivity contribution in [3.05, 3.63) is 23.8 Å². The number of hydrogen-bond acceptors (Lipinski definition) is 5. The smallest absolute Gasteiger partial charge is 0.306 e. The van der Waals surface area contributed by atoms with E-state index >= 15 is 0 Å². The first-order valence-electron chi connectivity index (χ1n) is 9.98. The van der Waals surface area contributed by atoms with Crippen LogP contribution in [-0.2, 0) is 14.0 Å². The van der Waals surface area contributed by atoms with E-state index in [1.165, 1.54) is 0 Å². The van der Waals surface area contributed by atoms with Crippen LogP contribution in [0.15, 0.2) is 18.2 Å². The molecule has 0 amide bonds. The van der Waals surface area contributed by atoms with Crippen molar-refractivity contribution in [3.8, 4) is 11.5 Å². The molecule has 0 aromatic heterocycles. The molecule has 0 spiro atoms. The summed E-state index contributed by atoms with van der Waals surface area (Å²) in [7, 11) is -2.13. The molecule has 6 heteroatoms. The van der Waals surface area contributed by atoms with Gasteiger partial charge in [-0.2, -0.15) is 0 Å². The van der Waals surface area contributed by atoms with Gasteiger partial charge in [-0.05, 0) is 34.3 Å². The Hall–Kier alpha value is -1.53. The van der Waals surface area contributed by atoms with Gasteiger partial charge in [0, 0.05) is 5.92 Å². The average molecular weight is 393 g/mol. The Morgan fingerprint density at radius 2 is 1.59 bits per heavy atom. The summed E-state index contributed by atoms with van der Waals surface area (Å²) in [6.45, 7) is 14.3. The molecule has 1 aromatic rings. The van der Waals surface area contributed by atoms with Crippen molar-refractivity contribution in [1.29, 1.82) is 0 Å². The third-order valence-electron chi connectivity index (χ3n) is 6.08. The standard InChI is InChI=1S/C21H32O5Si/c1-13(2)27(14(3)4,15(5)6)26-21(17-10-20(22)23-11-17)16-7-8-18-19(9-16)25-12-24-18/h7-9,13-15,17,21H,10-12H2,1-6H3/t17-,21-/m1/s1. The lowest BCUT2D eigenvalue weighted by molar-refractivity contribution is -0.137. The van der Waals surface area contributed by atoms with Crippen LogP contribution in [-0.4, -0.2) is 27.7 Å². The topological polar surface area (TPSA) is 54.0 Å². The van der Waals surface area contributed by atoms with Crippen molar-refractivity contribution in [2.75, 3.05) is 13.4 Å². The van der Waals surface area contributed by atoms with Crippen molar-refractivity contribution in [2.45, 2.75) is 70.7 Å². The highest BCUT2D eigenvalue weighted by atomic mass is 28.4. The monoisotopic (exact) mass is 392 g/mol. The van der Waals surface area contributed by atoms with E-state index in [-0.39, 0.29) is 24.8 Å². The number of ether oxygens (including phenoxy) is 3. The maximum Gasteiger partial charge on any atom is 0.306 e. The number of benzene rings is 1. The molecule has 0 saturated carbocycles. The second-order valence-corrected chi connectivity index (χ2v) is 14.0. The molecule has 2 aliphatic rings. The van der Waals surface area contributed by atoms with Crippen LogP contribution in [0.1, 0.15) is 59.6 Å². The van der Waals surface area contributed by atoms with Gasteiger partial charge in [0.15, 0.2) is 11.5 Å². The second kappa shape index (κ2) is 7.84. The van der Waals surface area contributed by atoms with E-state index in [4.69, 9.17) is 18.6 Å². The molecule has 0 unspecified atom stereocenters. The van der Waals surface area contributed by atoms with Crippen molar-refractivity contribution in [1.82, 2.24) is 0 Å². The van der Waals surface area contributed by atoms with Gasteiger partial charge in [-0.15, -0.1) is 0 Å². The summed E-state index contributed by atoms with van der Waals surface area (Å²) in [4.78, 5) is 11.8. The Bertz CT molecular complexity index is 663. The van der Waals surface area contributed by atoms with E-state index in [2.05, 4.69) is 41.5 Å². The lowest BCUT2D eigenvalue weighted by atomic mass is 9.95. The molecule has 3 rings (SSSR count). The van der Waals surface area contributed by atoms with Gasteiger partial charge < -0.3 is 18.6 Å². The minimum Gasteiger partial charge on any atom is -0.465 e. The fourth-order valence-electron chi connectivity index (χ4n) is 4.88. The summed E-state index contributed by atoms with van der Waals surface area (Å²) in [5.74, 6) is 1.40. The molecule has 0 N–H and O–H groups in total. The lowest BCUT2D eigenvalue weighted by Crippen LogP contribution is -2.49. The molecule has 1 saturated heterocycles. The molecule has 5 nitrogen and oxygen atoms in total. The highest BCUT2D eigenvalue weighted by Gasteiger charge is 2.49. The average Bonchev–Trinajstić information content (AvgIpc) is 3.23. The molecule has 27 heavy (non-hydrogen) atoms. The van der Waals surface area contributed by atoms with Crippen LogP contribution >= 0.6 is 0 Å². The maximum atomic E-state index is 11.8. The van der Waals surface area contributed by atoms with Crippen LogP contribution < -0.4 is 9.47 Å². The predicted molar refractivity (Wildman–Crippen MR) is 107 cm³/mol. The molecule has 150 valence electrons. The Labute approximate surface area is 163 Å². The molecule has 0 aliphatic carbocycles. The molecule has 2 aliphatic heterocycles. The molecule has 0 bridgehead atoms. The first-order chi connectivity index (χ1) is 12.8. The third-order valence-corrected chi connectivity index (χ3v) is 12.2. The number of hydrogen-bond donors (Lipinski definition) is 0. The van der Waals surface area contributed by atoms with Gasteiger partial charge in [-0.3, -0.25) is 4.79 Å². The zero-order valence-corrected chi connectivity index (χ0v) is 18.3. The van der Waals surface area contributed by atoms with Gasteiger partial charge in [0.25, 0.3) is 0 Å². The van der Waals surface area contributed by atoms with E-state index in [1.54, 1.807) is 0 Å². The SMILES string of the molecule is CC(C)[Si](O[C@H](c1ccc2c(c1)OCO2)[C@H]1COC(=O)C1)(C(C)C)C(C)C. The van der Waals surface area contributed by atoms with Gasteiger partial charge in [0.2, 0.25) is 15.1 Å². The minimum atomic E-state index is -2.13. The lowest BCUT2D eigenvalue weighted by Gasteiger charge is -2.45. The molecule has 1 fully saturated rings. The van der Waals surface area contributed by atoms with Crippen LogP contribution in [0.2, 0.25) is 16.6 Å².